The van der Waals surface area contributed by atoms with Crippen LogP contribution in [0.5, 0.6) is 0 Å². The summed E-state index contributed by atoms with van der Waals surface area (Å²) in [5.41, 5.74) is 2.44. The number of hydrogen-bond donors (Lipinski definition) is 0. The monoisotopic (exact) mass is 636 g/mol. The minimum Gasteiger partial charge on any atom is -0.462 e. The van der Waals surface area contributed by atoms with E-state index in [1.54, 1.807) is 24.0 Å². The Balaban J connectivity index is 1.39. The van der Waals surface area contributed by atoms with Gasteiger partial charge in [0.2, 0.25) is 17.7 Å². The molecular formula is C31H32N4O7S2. The van der Waals surface area contributed by atoms with Gasteiger partial charge in [-0.3, -0.25) is 23.7 Å². The molecule has 4 heterocycles. The van der Waals surface area contributed by atoms with Crippen LogP contribution in [0.15, 0.2) is 58.4 Å². The molecule has 3 amide bonds. The van der Waals surface area contributed by atoms with Crippen molar-refractivity contribution in [3.63, 3.8) is 0 Å². The molecule has 6 rings (SSSR count). The lowest BCUT2D eigenvalue weighted by atomic mass is 9.83. The van der Waals surface area contributed by atoms with E-state index in [-0.39, 0.29) is 29.8 Å². The van der Waals surface area contributed by atoms with Crippen molar-refractivity contribution >= 4 is 58.2 Å². The number of rotatable bonds is 7. The van der Waals surface area contributed by atoms with Crippen molar-refractivity contribution in [2.24, 2.45) is 5.92 Å². The van der Waals surface area contributed by atoms with Gasteiger partial charge in [0.25, 0.3) is 0 Å². The summed E-state index contributed by atoms with van der Waals surface area (Å²) in [4.78, 5) is 72.1. The molecule has 3 atom stereocenters. The molecule has 0 saturated carbocycles. The third-order valence-corrected chi connectivity index (χ3v) is 10.7. The Kier molecular flexibility index (Phi) is 8.36. The number of esters is 1. The number of anilines is 2. The number of thioether (sulfide) groups is 1. The number of nitrogens with zero attached hydrogens (tertiary/aromatic N) is 4. The van der Waals surface area contributed by atoms with Crippen molar-refractivity contribution in [1.29, 1.82) is 0 Å². The number of ether oxygens (including phenoxy) is 2. The van der Waals surface area contributed by atoms with E-state index in [9.17, 15) is 24.0 Å². The van der Waals surface area contributed by atoms with Gasteiger partial charge in [-0.15, -0.1) is 0 Å². The second-order valence-electron chi connectivity index (χ2n) is 10.9. The molecule has 11 nitrogen and oxygen atoms in total. The molecule has 13 heteroatoms. The minimum atomic E-state index is -0.808. The molecule has 3 aliphatic rings. The number of benzene rings is 2. The lowest BCUT2D eigenvalue weighted by molar-refractivity contribution is -0.136. The van der Waals surface area contributed by atoms with Crippen LogP contribution >= 0.6 is 23.1 Å². The Hall–Kier alpha value is -3.94. The zero-order valence-electron chi connectivity index (χ0n) is 24.6. The summed E-state index contributed by atoms with van der Waals surface area (Å²) in [6.07, 6.45) is 0. The summed E-state index contributed by atoms with van der Waals surface area (Å²) in [6, 6.07) is 14.0. The van der Waals surface area contributed by atoms with Crippen molar-refractivity contribution in [2.75, 3.05) is 56.8 Å². The molecule has 0 spiro atoms. The molecule has 2 saturated heterocycles. The fourth-order valence-corrected chi connectivity index (χ4v) is 8.63. The van der Waals surface area contributed by atoms with Crippen LogP contribution in [0.1, 0.15) is 33.6 Å². The molecule has 2 fully saturated rings. The third kappa shape index (κ3) is 5.33. The van der Waals surface area contributed by atoms with Crippen LogP contribution in [0.2, 0.25) is 0 Å². The van der Waals surface area contributed by atoms with Crippen LogP contribution in [0.4, 0.5) is 11.4 Å². The van der Waals surface area contributed by atoms with Crippen LogP contribution in [-0.4, -0.2) is 85.4 Å². The van der Waals surface area contributed by atoms with E-state index in [0.717, 1.165) is 22.6 Å². The number of amides is 3. The highest BCUT2D eigenvalue weighted by molar-refractivity contribution is 8.00. The first-order valence-electron chi connectivity index (χ1n) is 14.4. The summed E-state index contributed by atoms with van der Waals surface area (Å²) in [7, 11) is 3.87. The smallest absolute Gasteiger partial charge is 0.338 e. The second-order valence-corrected chi connectivity index (χ2v) is 13.0. The number of carbonyl (C=O) groups is 4. The predicted octanol–water partition coefficient (Wildman–Crippen LogP) is 2.81. The SMILES string of the molecule is CCOC(=O)c1ccc(N2C(=O)C3Sc4c(sc(=O)n4CC(=O)N4CCOCC4)[C@H](c4ccc(N(C)C)cc4)C3C2=O)cc1. The van der Waals surface area contributed by atoms with E-state index in [2.05, 4.69) is 0 Å². The van der Waals surface area contributed by atoms with Gasteiger partial charge in [0.15, 0.2) is 0 Å². The number of morpholine rings is 1. The first kappa shape index (κ1) is 30.1. The highest BCUT2D eigenvalue weighted by atomic mass is 32.2. The fourth-order valence-electron chi connectivity index (χ4n) is 5.86. The summed E-state index contributed by atoms with van der Waals surface area (Å²) >= 11 is 2.20. The number of hydrogen-bond acceptors (Lipinski definition) is 10. The second kappa shape index (κ2) is 12.2. The molecule has 230 valence electrons. The van der Waals surface area contributed by atoms with Gasteiger partial charge < -0.3 is 19.3 Å². The van der Waals surface area contributed by atoms with E-state index in [1.165, 1.54) is 33.4 Å². The Morgan fingerprint density at radius 3 is 2.30 bits per heavy atom. The summed E-state index contributed by atoms with van der Waals surface area (Å²) in [6.45, 7) is 3.59. The quantitative estimate of drug-likeness (QED) is 0.285. The maximum atomic E-state index is 14.2. The summed E-state index contributed by atoms with van der Waals surface area (Å²) in [5.74, 6) is -2.79. The van der Waals surface area contributed by atoms with Gasteiger partial charge >= 0.3 is 10.8 Å². The van der Waals surface area contributed by atoms with Gasteiger partial charge in [-0.05, 0) is 48.9 Å². The normalized spacial score (nSPS) is 21.2. The first-order chi connectivity index (χ1) is 21.2. The number of thiazole rings is 1. The molecule has 1 aromatic heterocycles. The largest absolute Gasteiger partial charge is 0.462 e. The van der Waals surface area contributed by atoms with E-state index < -0.39 is 29.0 Å². The average Bonchev–Trinajstić information content (AvgIpc) is 3.47. The standard InChI is InChI=1S/C31H32N4O7S2/c1-4-42-30(39)19-7-11-21(12-8-19)35-27(37)24-23(18-5-9-20(10-6-18)32(2)3)26-29(43-25(24)28(35)38)34(31(40)44-26)17-22(36)33-13-15-41-16-14-33/h5-12,23-25H,4,13-17H2,1-3H3/t23-,24?,25?/m1/s1. The van der Waals surface area contributed by atoms with E-state index in [1.807, 2.05) is 43.3 Å². The Morgan fingerprint density at radius 1 is 0.977 bits per heavy atom. The lowest BCUT2D eigenvalue weighted by Crippen LogP contribution is -2.43. The molecule has 0 aliphatic carbocycles. The van der Waals surface area contributed by atoms with Crippen molar-refractivity contribution in [1.82, 2.24) is 9.47 Å². The molecule has 0 bridgehead atoms. The molecule has 0 radical (unpaired) electrons. The van der Waals surface area contributed by atoms with Crippen LogP contribution in [0, 0.1) is 5.92 Å². The number of aromatic nitrogens is 1. The Bertz CT molecular complexity index is 1660. The van der Waals surface area contributed by atoms with Gasteiger partial charge in [0, 0.05) is 43.7 Å². The van der Waals surface area contributed by atoms with Gasteiger partial charge in [0.05, 0.1) is 42.0 Å². The summed E-state index contributed by atoms with van der Waals surface area (Å²) < 4.78 is 11.9. The zero-order valence-corrected chi connectivity index (χ0v) is 26.2. The van der Waals surface area contributed by atoms with Crippen LogP contribution < -0.4 is 14.7 Å². The predicted molar refractivity (Wildman–Crippen MR) is 167 cm³/mol. The van der Waals surface area contributed by atoms with Crippen LogP contribution in [-0.2, 0) is 30.4 Å². The maximum Gasteiger partial charge on any atom is 0.338 e. The average molecular weight is 637 g/mol. The van der Waals surface area contributed by atoms with E-state index in [0.29, 0.717) is 47.5 Å². The zero-order chi connectivity index (χ0) is 31.1. The first-order valence-corrected chi connectivity index (χ1v) is 16.1. The number of imide groups is 1. The minimum absolute atomic E-state index is 0.150. The Morgan fingerprint density at radius 2 is 1.66 bits per heavy atom. The maximum absolute atomic E-state index is 14.2. The Labute approximate surface area is 262 Å². The van der Waals surface area contributed by atoms with Gasteiger partial charge in [-0.25, -0.2) is 9.69 Å². The molecule has 3 aromatic rings. The number of carbonyl (C=O) groups excluding carboxylic acids is 4. The molecular weight excluding hydrogens is 604 g/mol. The van der Waals surface area contributed by atoms with Crippen molar-refractivity contribution < 1.29 is 28.7 Å². The van der Waals surface area contributed by atoms with Crippen LogP contribution in [0.3, 0.4) is 0 Å². The van der Waals surface area contributed by atoms with Crippen molar-refractivity contribution in [3.05, 3.63) is 74.2 Å². The van der Waals surface area contributed by atoms with E-state index >= 15 is 0 Å². The molecule has 3 aliphatic heterocycles. The molecule has 44 heavy (non-hydrogen) atoms. The van der Waals surface area contributed by atoms with Crippen molar-refractivity contribution in [2.45, 2.75) is 29.7 Å². The van der Waals surface area contributed by atoms with E-state index in [4.69, 9.17) is 9.47 Å². The van der Waals surface area contributed by atoms with Gasteiger partial charge in [0.1, 0.15) is 11.8 Å². The van der Waals surface area contributed by atoms with Crippen LogP contribution in [0.25, 0.3) is 0 Å². The molecule has 2 aromatic carbocycles. The van der Waals surface area contributed by atoms with Crippen molar-refractivity contribution in [3.8, 4) is 0 Å². The van der Waals surface area contributed by atoms with Gasteiger partial charge in [-0.2, -0.15) is 0 Å². The summed E-state index contributed by atoms with van der Waals surface area (Å²) in [5, 5.41) is -0.262. The molecule has 2 unspecified atom stereocenters. The topological polar surface area (TPSA) is 118 Å². The molecule has 0 N–H and O–H groups in total. The van der Waals surface area contributed by atoms with Gasteiger partial charge in [-0.1, -0.05) is 35.2 Å². The fraction of sp³-hybridized carbons (Fsp3) is 0.387. The number of fused-ring (bicyclic) bond motifs is 2. The third-order valence-electron chi connectivity index (χ3n) is 8.11. The highest BCUT2D eigenvalue weighted by Crippen LogP contribution is 2.54. The highest BCUT2D eigenvalue weighted by Gasteiger charge is 2.56. The lowest BCUT2D eigenvalue weighted by Gasteiger charge is -2.31.